The first kappa shape index (κ1) is 17.2. The Hall–Kier alpha value is -2.58. The zero-order valence-corrected chi connectivity index (χ0v) is 16.3. The molecular weight excluding hydrogens is 376 g/mol. The molecule has 3 aromatic rings. The number of nitrogens with one attached hydrogen (secondary N) is 1. The average molecular weight is 395 g/mol. The van der Waals surface area contributed by atoms with Crippen LogP contribution in [0.1, 0.15) is 22.5 Å². The summed E-state index contributed by atoms with van der Waals surface area (Å²) < 4.78 is 0.986. The van der Waals surface area contributed by atoms with Gasteiger partial charge in [-0.1, -0.05) is 6.07 Å². The highest BCUT2D eigenvalue weighted by molar-refractivity contribution is 9.10. The Labute approximate surface area is 155 Å². The number of benzene rings is 2. The Balaban J connectivity index is 2.04. The third kappa shape index (κ3) is 3.45. The number of aromatic amines is 1. The predicted molar refractivity (Wildman–Crippen MR) is 108 cm³/mol. The lowest BCUT2D eigenvalue weighted by Gasteiger charge is -2.14. The lowest BCUT2D eigenvalue weighted by atomic mass is 10.1. The number of allylic oxidation sites excluding steroid dienone is 1. The Morgan fingerprint density at radius 2 is 1.92 bits per heavy atom. The van der Waals surface area contributed by atoms with Crippen molar-refractivity contribution in [1.29, 1.82) is 5.26 Å². The third-order valence-electron chi connectivity index (χ3n) is 4.24. The SMILES string of the molecule is Cc1cc2nc(C(C#N)=Cc3ccc(N(C)C)c(Br)c3)[nH]c2cc1C. The Morgan fingerprint density at radius 3 is 2.56 bits per heavy atom. The molecule has 0 fully saturated rings. The van der Waals surface area contributed by atoms with Gasteiger partial charge in [0.15, 0.2) is 0 Å². The molecule has 0 unspecified atom stereocenters. The van der Waals surface area contributed by atoms with Gasteiger partial charge in [-0.25, -0.2) is 4.98 Å². The fourth-order valence-electron chi connectivity index (χ4n) is 2.69. The van der Waals surface area contributed by atoms with Gasteiger partial charge in [0, 0.05) is 18.6 Å². The first-order valence-electron chi connectivity index (χ1n) is 7.95. The molecule has 3 rings (SSSR count). The number of nitriles is 1. The number of fused-ring (bicyclic) bond motifs is 1. The summed E-state index contributed by atoms with van der Waals surface area (Å²) in [6, 6.07) is 12.4. The van der Waals surface area contributed by atoms with Crippen molar-refractivity contribution in [3.05, 3.63) is 57.3 Å². The number of nitrogens with zero attached hydrogens (tertiary/aromatic N) is 3. The molecule has 0 saturated heterocycles. The van der Waals surface area contributed by atoms with Gasteiger partial charge in [0.2, 0.25) is 0 Å². The predicted octanol–water partition coefficient (Wildman–Crippen LogP) is 5.07. The molecule has 1 aromatic heterocycles. The smallest absolute Gasteiger partial charge is 0.149 e. The molecule has 4 nitrogen and oxygen atoms in total. The molecule has 0 spiro atoms. The van der Waals surface area contributed by atoms with Gasteiger partial charge in [-0.15, -0.1) is 0 Å². The number of anilines is 1. The van der Waals surface area contributed by atoms with Gasteiger partial charge >= 0.3 is 0 Å². The van der Waals surface area contributed by atoms with E-state index in [9.17, 15) is 5.26 Å². The monoisotopic (exact) mass is 394 g/mol. The molecular formula is C20H19BrN4. The second kappa shape index (κ2) is 6.73. The first-order chi connectivity index (χ1) is 11.9. The van der Waals surface area contributed by atoms with E-state index in [0.717, 1.165) is 26.8 Å². The molecule has 2 aromatic carbocycles. The van der Waals surface area contributed by atoms with E-state index in [2.05, 4.69) is 51.9 Å². The van der Waals surface area contributed by atoms with E-state index >= 15 is 0 Å². The van der Waals surface area contributed by atoms with Crippen LogP contribution in [0.3, 0.4) is 0 Å². The molecule has 5 heteroatoms. The van der Waals surface area contributed by atoms with Crippen LogP contribution in [0.4, 0.5) is 5.69 Å². The number of H-pyrrole nitrogens is 1. The van der Waals surface area contributed by atoms with E-state index in [-0.39, 0.29) is 0 Å². The number of halogens is 1. The molecule has 0 bridgehead atoms. The molecule has 0 radical (unpaired) electrons. The third-order valence-corrected chi connectivity index (χ3v) is 4.87. The Bertz CT molecular complexity index is 983. The van der Waals surface area contributed by atoms with Crippen LogP contribution in [0.5, 0.6) is 0 Å². The largest absolute Gasteiger partial charge is 0.377 e. The Kier molecular flexibility index (Phi) is 4.65. The summed E-state index contributed by atoms with van der Waals surface area (Å²) in [5, 5.41) is 9.59. The standard InChI is InChI=1S/C20H19BrN4/c1-12-7-17-18(8-13(12)2)24-20(23-17)15(11-22)9-14-5-6-19(25(3)4)16(21)10-14/h5-10H,1-4H3,(H,23,24). The number of imidazole rings is 1. The topological polar surface area (TPSA) is 55.7 Å². The van der Waals surface area contributed by atoms with Crippen LogP contribution >= 0.6 is 15.9 Å². The number of hydrogen-bond donors (Lipinski definition) is 1. The molecule has 0 amide bonds. The molecule has 0 atom stereocenters. The second-order valence-corrected chi connectivity index (χ2v) is 7.17. The molecule has 1 heterocycles. The lowest BCUT2D eigenvalue weighted by Crippen LogP contribution is -2.09. The summed E-state index contributed by atoms with van der Waals surface area (Å²) in [7, 11) is 3.99. The van der Waals surface area contributed by atoms with Crippen LogP contribution in [0, 0.1) is 25.2 Å². The highest BCUT2D eigenvalue weighted by Crippen LogP contribution is 2.28. The molecule has 0 saturated carbocycles. The normalized spacial score (nSPS) is 11.6. The molecule has 1 N–H and O–H groups in total. The van der Waals surface area contributed by atoms with E-state index in [1.807, 2.05) is 49.3 Å². The van der Waals surface area contributed by atoms with E-state index in [4.69, 9.17) is 0 Å². The van der Waals surface area contributed by atoms with Crippen molar-refractivity contribution in [2.45, 2.75) is 13.8 Å². The van der Waals surface area contributed by atoms with Gasteiger partial charge in [0.25, 0.3) is 0 Å². The van der Waals surface area contributed by atoms with Crippen LogP contribution in [0.25, 0.3) is 22.7 Å². The van der Waals surface area contributed by atoms with E-state index in [1.165, 1.54) is 11.1 Å². The highest BCUT2D eigenvalue weighted by atomic mass is 79.9. The van der Waals surface area contributed by atoms with Crippen LogP contribution in [0.2, 0.25) is 0 Å². The van der Waals surface area contributed by atoms with Crippen molar-refractivity contribution in [2.75, 3.05) is 19.0 Å². The molecule has 0 aliphatic carbocycles. The number of hydrogen-bond acceptors (Lipinski definition) is 3. The van der Waals surface area contributed by atoms with Gasteiger partial charge in [-0.2, -0.15) is 5.26 Å². The molecule has 0 aliphatic heterocycles. The Morgan fingerprint density at radius 1 is 1.20 bits per heavy atom. The van der Waals surface area contributed by atoms with Crippen molar-refractivity contribution in [3.8, 4) is 6.07 Å². The maximum absolute atomic E-state index is 9.59. The number of aryl methyl sites for hydroxylation is 2. The minimum absolute atomic E-state index is 0.510. The minimum Gasteiger partial charge on any atom is -0.377 e. The molecule has 126 valence electrons. The van der Waals surface area contributed by atoms with Gasteiger partial charge < -0.3 is 9.88 Å². The van der Waals surface area contributed by atoms with Crippen molar-refractivity contribution in [1.82, 2.24) is 9.97 Å². The minimum atomic E-state index is 0.510. The molecule has 0 aliphatic rings. The van der Waals surface area contributed by atoms with Crippen LogP contribution < -0.4 is 4.90 Å². The van der Waals surface area contributed by atoms with Crippen molar-refractivity contribution < 1.29 is 0 Å². The van der Waals surface area contributed by atoms with E-state index < -0.39 is 0 Å². The second-order valence-electron chi connectivity index (χ2n) is 6.31. The summed E-state index contributed by atoms with van der Waals surface area (Å²) in [6.07, 6.45) is 1.85. The van der Waals surface area contributed by atoms with Crippen LogP contribution in [-0.4, -0.2) is 24.1 Å². The quantitative estimate of drug-likeness (QED) is 0.630. The van der Waals surface area contributed by atoms with Gasteiger partial charge in [0.05, 0.1) is 22.3 Å². The maximum Gasteiger partial charge on any atom is 0.149 e. The maximum atomic E-state index is 9.59. The van der Waals surface area contributed by atoms with Crippen molar-refractivity contribution >= 4 is 44.3 Å². The van der Waals surface area contributed by atoms with E-state index in [1.54, 1.807) is 0 Å². The zero-order chi connectivity index (χ0) is 18.1. The summed E-state index contributed by atoms with van der Waals surface area (Å²) in [5.74, 6) is 0.593. The first-order valence-corrected chi connectivity index (χ1v) is 8.74. The van der Waals surface area contributed by atoms with Gasteiger partial charge in [-0.3, -0.25) is 0 Å². The van der Waals surface area contributed by atoms with Crippen molar-refractivity contribution in [3.63, 3.8) is 0 Å². The highest BCUT2D eigenvalue weighted by Gasteiger charge is 2.10. The van der Waals surface area contributed by atoms with E-state index in [0.29, 0.717) is 11.4 Å². The lowest BCUT2D eigenvalue weighted by molar-refractivity contribution is 1.12. The fourth-order valence-corrected chi connectivity index (χ4v) is 3.44. The number of rotatable bonds is 3. The van der Waals surface area contributed by atoms with Gasteiger partial charge in [-0.05, 0) is 76.8 Å². The summed E-state index contributed by atoms with van der Waals surface area (Å²) in [4.78, 5) is 9.88. The number of aromatic nitrogens is 2. The van der Waals surface area contributed by atoms with Crippen LogP contribution in [0.15, 0.2) is 34.8 Å². The summed E-state index contributed by atoms with van der Waals surface area (Å²) in [5.41, 5.74) is 6.76. The summed E-state index contributed by atoms with van der Waals surface area (Å²) >= 11 is 3.58. The van der Waals surface area contributed by atoms with Crippen molar-refractivity contribution in [2.24, 2.45) is 0 Å². The summed E-state index contributed by atoms with van der Waals surface area (Å²) in [6.45, 7) is 4.13. The van der Waals surface area contributed by atoms with Gasteiger partial charge in [0.1, 0.15) is 11.9 Å². The average Bonchev–Trinajstić information content (AvgIpc) is 2.95. The van der Waals surface area contributed by atoms with Crippen LogP contribution in [-0.2, 0) is 0 Å². The fraction of sp³-hybridized carbons (Fsp3) is 0.200. The molecule has 25 heavy (non-hydrogen) atoms. The zero-order valence-electron chi connectivity index (χ0n) is 14.7.